The number of hydrogen-bond donors (Lipinski definition) is 1. The van der Waals surface area contributed by atoms with Crippen LogP contribution in [0.5, 0.6) is 0 Å². The number of fused-ring (bicyclic) bond motifs is 2. The van der Waals surface area contributed by atoms with Gasteiger partial charge in [-0.1, -0.05) is 12.2 Å². The predicted octanol–water partition coefficient (Wildman–Crippen LogP) is 2.90. The largest absolute Gasteiger partial charge is 0.310 e. The van der Waals surface area contributed by atoms with Crippen molar-refractivity contribution in [1.82, 2.24) is 15.1 Å². The Morgan fingerprint density at radius 1 is 1.37 bits per heavy atom. The van der Waals surface area contributed by atoms with Crippen LogP contribution >= 0.6 is 0 Å². The van der Waals surface area contributed by atoms with E-state index in [0.717, 1.165) is 30.0 Å². The molecule has 1 saturated carbocycles. The molecule has 1 aromatic heterocycles. The van der Waals surface area contributed by atoms with E-state index in [-0.39, 0.29) is 0 Å². The van der Waals surface area contributed by atoms with Crippen LogP contribution in [0.2, 0.25) is 0 Å². The molecule has 0 spiro atoms. The van der Waals surface area contributed by atoms with Gasteiger partial charge in [0.2, 0.25) is 0 Å². The summed E-state index contributed by atoms with van der Waals surface area (Å²) < 4.78 is 1.99. The first-order valence-electron chi connectivity index (χ1n) is 7.48. The highest BCUT2D eigenvalue weighted by atomic mass is 15.3. The number of allylic oxidation sites excluding steroid dienone is 2. The lowest BCUT2D eigenvalue weighted by Crippen LogP contribution is -2.28. The summed E-state index contributed by atoms with van der Waals surface area (Å²) >= 11 is 0. The van der Waals surface area contributed by atoms with E-state index in [4.69, 9.17) is 0 Å². The summed E-state index contributed by atoms with van der Waals surface area (Å²) in [5.41, 5.74) is 3.82. The van der Waals surface area contributed by atoms with Crippen LogP contribution in [-0.4, -0.2) is 16.3 Å². The van der Waals surface area contributed by atoms with Crippen molar-refractivity contribution < 1.29 is 0 Å². The third-order valence-electron chi connectivity index (χ3n) is 5.10. The van der Waals surface area contributed by atoms with Crippen molar-refractivity contribution in [3.8, 4) is 0 Å². The zero-order valence-electron chi connectivity index (χ0n) is 12.5. The molecule has 0 aromatic carbocycles. The highest BCUT2D eigenvalue weighted by Crippen LogP contribution is 2.43. The van der Waals surface area contributed by atoms with E-state index in [9.17, 15) is 0 Å². The van der Waals surface area contributed by atoms with Gasteiger partial charge in [0, 0.05) is 24.3 Å². The lowest BCUT2D eigenvalue weighted by molar-refractivity contribution is 0.392. The molecule has 1 aromatic rings. The Kier molecular flexibility index (Phi) is 3.25. The monoisotopic (exact) mass is 259 g/mol. The Labute approximate surface area is 116 Å². The van der Waals surface area contributed by atoms with Crippen LogP contribution in [0.15, 0.2) is 12.2 Å². The van der Waals surface area contributed by atoms with Gasteiger partial charge in [-0.2, -0.15) is 5.10 Å². The number of nitrogens with one attached hydrogen (secondary N) is 1. The van der Waals surface area contributed by atoms with Crippen LogP contribution in [0, 0.1) is 31.6 Å². The maximum absolute atomic E-state index is 4.52. The molecule has 3 rings (SSSR count). The highest BCUT2D eigenvalue weighted by molar-refractivity contribution is 5.27. The first kappa shape index (κ1) is 12.9. The molecule has 1 fully saturated rings. The van der Waals surface area contributed by atoms with Gasteiger partial charge in [0.1, 0.15) is 0 Å². The summed E-state index contributed by atoms with van der Waals surface area (Å²) in [5, 5.41) is 8.25. The van der Waals surface area contributed by atoms with Crippen LogP contribution in [-0.2, 0) is 7.05 Å². The molecule has 3 nitrogen and oxygen atoms in total. The van der Waals surface area contributed by atoms with Crippen LogP contribution in [0.25, 0.3) is 0 Å². The predicted molar refractivity (Wildman–Crippen MR) is 77.9 cm³/mol. The van der Waals surface area contributed by atoms with E-state index in [1.807, 2.05) is 11.7 Å². The minimum absolute atomic E-state index is 0.400. The Balaban J connectivity index is 1.62. The molecule has 0 saturated heterocycles. The van der Waals surface area contributed by atoms with Gasteiger partial charge >= 0.3 is 0 Å². The summed E-state index contributed by atoms with van der Waals surface area (Å²) in [4.78, 5) is 0. The Morgan fingerprint density at radius 2 is 2.16 bits per heavy atom. The lowest BCUT2D eigenvalue weighted by Gasteiger charge is -2.22. The van der Waals surface area contributed by atoms with Gasteiger partial charge in [0.05, 0.1) is 5.69 Å². The zero-order chi connectivity index (χ0) is 13.6. The molecule has 0 amide bonds. The molecule has 0 radical (unpaired) electrons. The SMILES string of the molecule is Cc1nn(C)c(C)c1[C@H](C)NC[C@H]1C[C@H]2C=C[C@H]1C2. The summed E-state index contributed by atoms with van der Waals surface area (Å²) in [7, 11) is 2.03. The topological polar surface area (TPSA) is 29.9 Å². The zero-order valence-corrected chi connectivity index (χ0v) is 12.5. The van der Waals surface area contributed by atoms with Crippen molar-refractivity contribution >= 4 is 0 Å². The van der Waals surface area contributed by atoms with Crippen molar-refractivity contribution in [1.29, 1.82) is 0 Å². The average molecular weight is 259 g/mol. The van der Waals surface area contributed by atoms with Crippen molar-refractivity contribution in [2.45, 2.75) is 39.7 Å². The lowest BCUT2D eigenvalue weighted by atomic mass is 9.93. The Morgan fingerprint density at radius 3 is 2.68 bits per heavy atom. The summed E-state index contributed by atoms with van der Waals surface area (Å²) in [5.74, 6) is 2.55. The second-order valence-corrected chi connectivity index (χ2v) is 6.38. The van der Waals surface area contributed by atoms with Gasteiger partial charge in [-0.15, -0.1) is 0 Å². The van der Waals surface area contributed by atoms with E-state index < -0.39 is 0 Å². The molecule has 2 bridgehead atoms. The molecule has 19 heavy (non-hydrogen) atoms. The fourth-order valence-electron chi connectivity index (χ4n) is 3.98. The third kappa shape index (κ3) is 2.25. The number of rotatable bonds is 4. The molecule has 1 heterocycles. The van der Waals surface area contributed by atoms with Crippen LogP contribution < -0.4 is 5.32 Å². The van der Waals surface area contributed by atoms with Gasteiger partial charge in [-0.05, 0) is 57.9 Å². The quantitative estimate of drug-likeness (QED) is 0.843. The molecular weight excluding hydrogens is 234 g/mol. The van der Waals surface area contributed by atoms with Gasteiger partial charge in [0.25, 0.3) is 0 Å². The van der Waals surface area contributed by atoms with Gasteiger partial charge in [0.15, 0.2) is 0 Å². The normalized spacial score (nSPS) is 30.2. The van der Waals surface area contributed by atoms with E-state index in [1.54, 1.807) is 0 Å². The highest BCUT2D eigenvalue weighted by Gasteiger charge is 2.35. The van der Waals surface area contributed by atoms with Crippen molar-refractivity contribution in [2.24, 2.45) is 24.8 Å². The minimum atomic E-state index is 0.400. The van der Waals surface area contributed by atoms with E-state index in [1.165, 1.54) is 24.1 Å². The number of aryl methyl sites for hydroxylation is 2. The Hall–Kier alpha value is -1.09. The maximum Gasteiger partial charge on any atom is 0.0644 e. The second kappa shape index (κ2) is 4.78. The summed E-state index contributed by atoms with van der Waals surface area (Å²) in [6.45, 7) is 7.68. The summed E-state index contributed by atoms with van der Waals surface area (Å²) in [6.07, 6.45) is 7.63. The Bertz CT molecular complexity index is 500. The van der Waals surface area contributed by atoms with E-state index in [0.29, 0.717) is 6.04 Å². The van der Waals surface area contributed by atoms with Gasteiger partial charge in [-0.3, -0.25) is 4.68 Å². The number of aromatic nitrogens is 2. The molecule has 0 unspecified atom stereocenters. The first-order chi connectivity index (χ1) is 9.06. The van der Waals surface area contributed by atoms with Crippen LogP contribution in [0.3, 0.4) is 0 Å². The fourth-order valence-corrected chi connectivity index (χ4v) is 3.98. The van der Waals surface area contributed by atoms with Crippen molar-refractivity contribution in [3.63, 3.8) is 0 Å². The molecule has 4 atom stereocenters. The average Bonchev–Trinajstić information content (AvgIpc) is 3.03. The van der Waals surface area contributed by atoms with Crippen molar-refractivity contribution in [3.05, 3.63) is 29.1 Å². The van der Waals surface area contributed by atoms with Gasteiger partial charge in [-0.25, -0.2) is 0 Å². The molecule has 1 N–H and O–H groups in total. The molecule has 0 aliphatic heterocycles. The molecule has 2 aliphatic carbocycles. The standard InChI is InChI=1S/C16H25N3/c1-10(16-11(2)18-19(4)12(16)3)17-9-15-8-13-5-6-14(15)7-13/h5-6,10,13-15,17H,7-9H2,1-4H3/t10-,13-,14-,15+/m0/s1. The second-order valence-electron chi connectivity index (χ2n) is 6.38. The molecule has 104 valence electrons. The molecular formula is C16H25N3. The first-order valence-corrected chi connectivity index (χ1v) is 7.48. The maximum atomic E-state index is 4.52. The number of nitrogens with zero attached hydrogens (tertiary/aromatic N) is 2. The summed E-state index contributed by atoms with van der Waals surface area (Å²) in [6, 6.07) is 0.400. The smallest absolute Gasteiger partial charge is 0.0644 e. The van der Waals surface area contributed by atoms with Crippen LogP contribution in [0.4, 0.5) is 0 Å². The fraction of sp³-hybridized carbons (Fsp3) is 0.688. The van der Waals surface area contributed by atoms with Gasteiger partial charge < -0.3 is 5.32 Å². The number of hydrogen-bond acceptors (Lipinski definition) is 2. The van der Waals surface area contributed by atoms with E-state index >= 15 is 0 Å². The third-order valence-corrected chi connectivity index (χ3v) is 5.10. The molecule has 3 heteroatoms. The van der Waals surface area contributed by atoms with Crippen LogP contribution in [0.1, 0.15) is 42.8 Å². The minimum Gasteiger partial charge on any atom is -0.310 e. The molecule has 2 aliphatic rings. The van der Waals surface area contributed by atoms with E-state index in [2.05, 4.69) is 43.3 Å². The van der Waals surface area contributed by atoms with Crippen molar-refractivity contribution in [2.75, 3.05) is 6.54 Å².